The minimum absolute atomic E-state index is 0.838. The lowest BCUT2D eigenvalue weighted by molar-refractivity contribution is 1.21. The van der Waals surface area contributed by atoms with Crippen LogP contribution in [0.15, 0.2) is 67.0 Å². The molecule has 0 unspecified atom stereocenters. The number of hydrogen-bond donors (Lipinski definition) is 0. The molecule has 0 saturated heterocycles. The molecule has 3 rings (SSSR count). The molecule has 0 saturated carbocycles. The second-order valence-electron chi connectivity index (χ2n) is 6.12. The van der Waals surface area contributed by atoms with Crippen LogP contribution in [-0.2, 0) is 0 Å². The quantitative estimate of drug-likeness (QED) is 0.540. The van der Waals surface area contributed by atoms with E-state index in [0.29, 0.717) is 0 Å². The van der Waals surface area contributed by atoms with Crippen molar-refractivity contribution in [2.75, 3.05) is 0 Å². The zero-order valence-corrected chi connectivity index (χ0v) is 15.9. The molecule has 3 heterocycles. The fourth-order valence-electron chi connectivity index (χ4n) is 2.87. The van der Waals surface area contributed by atoms with Gasteiger partial charge < -0.3 is 0 Å². The third-order valence-electron chi connectivity index (χ3n) is 4.02. The Morgan fingerprint density at radius 1 is 0.556 bits per heavy atom. The van der Waals surface area contributed by atoms with E-state index in [1.54, 1.807) is 0 Å². The Morgan fingerprint density at radius 2 is 0.963 bits per heavy atom. The minimum Gasteiger partial charge on any atom is -0.255 e. The standard InChI is InChI=1S/C24H23N3/c1-4-7-18-10-12-25-21(14-18)23-16-20(9-6-3)17-24(27-23)22-15-19(8-5-2)11-13-26-22/h4-17H,1-3H3/b7-4+,8-5+,9-6+. The lowest BCUT2D eigenvalue weighted by Gasteiger charge is -2.08. The van der Waals surface area contributed by atoms with Gasteiger partial charge in [0.15, 0.2) is 0 Å². The Balaban J connectivity index is 2.13. The monoisotopic (exact) mass is 353 g/mol. The van der Waals surface area contributed by atoms with Gasteiger partial charge in [0.05, 0.1) is 22.8 Å². The Labute approximate surface area is 160 Å². The molecule has 0 atom stereocenters. The van der Waals surface area contributed by atoms with Crippen molar-refractivity contribution >= 4 is 18.2 Å². The van der Waals surface area contributed by atoms with Gasteiger partial charge in [-0.3, -0.25) is 9.97 Å². The highest BCUT2D eigenvalue weighted by molar-refractivity contribution is 5.70. The van der Waals surface area contributed by atoms with Crippen molar-refractivity contribution < 1.29 is 0 Å². The van der Waals surface area contributed by atoms with Gasteiger partial charge in [-0.05, 0) is 73.9 Å². The molecular weight excluding hydrogens is 330 g/mol. The SMILES string of the molecule is C/C=C/c1ccnc(-c2cc(/C=C/C)cc(-c3cc(/C=C/C)ccn3)n2)c1. The summed E-state index contributed by atoms with van der Waals surface area (Å²) in [5.74, 6) is 0. The van der Waals surface area contributed by atoms with Gasteiger partial charge in [-0.2, -0.15) is 0 Å². The average molecular weight is 353 g/mol. The molecule has 3 nitrogen and oxygen atoms in total. The van der Waals surface area contributed by atoms with Crippen LogP contribution in [0.25, 0.3) is 41.0 Å². The van der Waals surface area contributed by atoms with Crippen molar-refractivity contribution in [3.63, 3.8) is 0 Å². The van der Waals surface area contributed by atoms with Gasteiger partial charge in [0.1, 0.15) is 0 Å². The van der Waals surface area contributed by atoms with E-state index in [1.807, 2.05) is 63.5 Å². The maximum atomic E-state index is 4.85. The van der Waals surface area contributed by atoms with Crippen LogP contribution in [0.5, 0.6) is 0 Å². The number of aromatic nitrogens is 3. The van der Waals surface area contributed by atoms with Gasteiger partial charge in [0, 0.05) is 12.4 Å². The number of hydrogen-bond acceptors (Lipinski definition) is 3. The highest BCUT2D eigenvalue weighted by Gasteiger charge is 2.09. The molecule has 0 aliphatic rings. The maximum absolute atomic E-state index is 4.85. The van der Waals surface area contributed by atoms with Crippen molar-refractivity contribution in [3.8, 4) is 22.8 Å². The van der Waals surface area contributed by atoms with E-state index in [-0.39, 0.29) is 0 Å². The van der Waals surface area contributed by atoms with Gasteiger partial charge >= 0.3 is 0 Å². The van der Waals surface area contributed by atoms with Crippen molar-refractivity contribution in [2.24, 2.45) is 0 Å². The highest BCUT2D eigenvalue weighted by Crippen LogP contribution is 2.25. The summed E-state index contributed by atoms with van der Waals surface area (Å²) in [5, 5.41) is 0. The molecule has 0 spiro atoms. The van der Waals surface area contributed by atoms with Crippen molar-refractivity contribution in [1.82, 2.24) is 15.0 Å². The molecular formula is C24H23N3. The molecule has 3 aromatic rings. The summed E-state index contributed by atoms with van der Waals surface area (Å²) >= 11 is 0. The van der Waals surface area contributed by atoms with Crippen LogP contribution < -0.4 is 0 Å². The molecule has 3 aromatic heterocycles. The second kappa shape index (κ2) is 8.86. The number of rotatable bonds is 5. The summed E-state index contributed by atoms with van der Waals surface area (Å²) < 4.78 is 0. The summed E-state index contributed by atoms with van der Waals surface area (Å²) in [6, 6.07) is 12.2. The summed E-state index contributed by atoms with van der Waals surface area (Å²) in [6.45, 7) is 6.02. The first-order valence-electron chi connectivity index (χ1n) is 9.06. The fourth-order valence-corrected chi connectivity index (χ4v) is 2.87. The van der Waals surface area contributed by atoms with Crippen LogP contribution in [0, 0.1) is 0 Å². The number of nitrogens with zero attached hydrogens (tertiary/aromatic N) is 3. The van der Waals surface area contributed by atoms with Crippen LogP contribution in [0.4, 0.5) is 0 Å². The van der Waals surface area contributed by atoms with Crippen LogP contribution in [0.1, 0.15) is 37.5 Å². The predicted molar refractivity (Wildman–Crippen MR) is 115 cm³/mol. The molecule has 0 fully saturated rings. The zero-order chi connectivity index (χ0) is 19.1. The van der Waals surface area contributed by atoms with E-state index in [1.165, 1.54) is 0 Å². The molecule has 0 bridgehead atoms. The fraction of sp³-hybridized carbons (Fsp3) is 0.125. The van der Waals surface area contributed by atoms with Gasteiger partial charge in [-0.25, -0.2) is 4.98 Å². The molecule has 0 N–H and O–H groups in total. The van der Waals surface area contributed by atoms with Gasteiger partial charge in [0.2, 0.25) is 0 Å². The van der Waals surface area contributed by atoms with Crippen molar-refractivity contribution in [2.45, 2.75) is 20.8 Å². The smallest absolute Gasteiger partial charge is 0.0900 e. The predicted octanol–water partition coefficient (Wildman–Crippen LogP) is 6.30. The highest BCUT2D eigenvalue weighted by atomic mass is 14.8. The topological polar surface area (TPSA) is 38.7 Å². The van der Waals surface area contributed by atoms with Crippen LogP contribution in [0.3, 0.4) is 0 Å². The van der Waals surface area contributed by atoms with Crippen LogP contribution in [-0.4, -0.2) is 15.0 Å². The van der Waals surface area contributed by atoms with E-state index >= 15 is 0 Å². The molecule has 3 heteroatoms. The van der Waals surface area contributed by atoms with Crippen LogP contribution in [0.2, 0.25) is 0 Å². The van der Waals surface area contributed by atoms with E-state index in [4.69, 9.17) is 4.98 Å². The van der Waals surface area contributed by atoms with Crippen molar-refractivity contribution in [1.29, 1.82) is 0 Å². The molecule has 0 aliphatic carbocycles. The lowest BCUT2D eigenvalue weighted by Crippen LogP contribution is -1.94. The molecule has 134 valence electrons. The molecule has 27 heavy (non-hydrogen) atoms. The molecule has 0 radical (unpaired) electrons. The van der Waals surface area contributed by atoms with Crippen LogP contribution >= 0.6 is 0 Å². The Kier molecular flexibility index (Phi) is 6.06. The second-order valence-corrected chi connectivity index (χ2v) is 6.12. The van der Waals surface area contributed by atoms with E-state index in [2.05, 4.69) is 52.5 Å². The first kappa shape index (κ1) is 18.5. The molecule has 0 aliphatic heterocycles. The van der Waals surface area contributed by atoms with Crippen molar-refractivity contribution in [3.05, 3.63) is 83.7 Å². The third-order valence-corrected chi connectivity index (χ3v) is 4.02. The van der Waals surface area contributed by atoms with E-state index < -0.39 is 0 Å². The first-order valence-corrected chi connectivity index (χ1v) is 9.06. The summed E-state index contributed by atoms with van der Waals surface area (Å²) in [6.07, 6.45) is 15.9. The number of allylic oxidation sites excluding steroid dienone is 3. The van der Waals surface area contributed by atoms with Gasteiger partial charge in [0.25, 0.3) is 0 Å². The Bertz CT molecular complexity index is 940. The minimum atomic E-state index is 0.838. The normalized spacial score (nSPS) is 11.8. The zero-order valence-electron chi connectivity index (χ0n) is 15.9. The van der Waals surface area contributed by atoms with E-state index in [0.717, 1.165) is 39.5 Å². The summed E-state index contributed by atoms with van der Waals surface area (Å²) in [4.78, 5) is 13.9. The molecule has 0 amide bonds. The van der Waals surface area contributed by atoms with Gasteiger partial charge in [-0.15, -0.1) is 0 Å². The maximum Gasteiger partial charge on any atom is 0.0900 e. The largest absolute Gasteiger partial charge is 0.255 e. The van der Waals surface area contributed by atoms with E-state index in [9.17, 15) is 0 Å². The summed E-state index contributed by atoms with van der Waals surface area (Å²) in [7, 11) is 0. The summed E-state index contributed by atoms with van der Waals surface area (Å²) in [5.41, 5.74) is 6.67. The molecule has 0 aromatic carbocycles. The first-order chi connectivity index (χ1) is 13.2. The average Bonchev–Trinajstić information content (AvgIpc) is 2.69. The number of pyridine rings is 3. The third kappa shape index (κ3) is 4.64. The Morgan fingerprint density at radius 3 is 1.41 bits per heavy atom. The Hall–Kier alpha value is -3.33. The lowest BCUT2D eigenvalue weighted by atomic mass is 10.1. The van der Waals surface area contributed by atoms with Gasteiger partial charge in [-0.1, -0.05) is 36.5 Å².